The van der Waals surface area contributed by atoms with Crippen molar-refractivity contribution in [2.24, 2.45) is 0 Å². The zero-order chi connectivity index (χ0) is 14.5. The average molecular weight is 291 g/mol. The van der Waals surface area contributed by atoms with E-state index in [0.717, 1.165) is 37.6 Å². The summed E-state index contributed by atoms with van der Waals surface area (Å²) >= 11 is 0. The molecule has 1 atom stereocenters. The minimum atomic E-state index is 0.00695. The lowest BCUT2D eigenvalue weighted by Crippen LogP contribution is -2.27. The summed E-state index contributed by atoms with van der Waals surface area (Å²) in [4.78, 5) is 0. The van der Waals surface area contributed by atoms with E-state index in [1.807, 2.05) is 16.8 Å². The van der Waals surface area contributed by atoms with Crippen LogP contribution in [0.25, 0.3) is 0 Å². The van der Waals surface area contributed by atoms with Crippen LogP contribution in [0.4, 0.5) is 0 Å². The summed E-state index contributed by atoms with van der Waals surface area (Å²) in [5, 5.41) is 7.99. The van der Waals surface area contributed by atoms with Gasteiger partial charge in [0.15, 0.2) is 0 Å². The van der Waals surface area contributed by atoms with Gasteiger partial charge in [0.25, 0.3) is 0 Å². The molecule has 0 aliphatic carbocycles. The molecule has 0 radical (unpaired) electrons. The van der Waals surface area contributed by atoms with Crippen molar-refractivity contribution in [1.29, 1.82) is 0 Å². The van der Waals surface area contributed by atoms with Crippen LogP contribution in [-0.4, -0.2) is 36.6 Å². The molecule has 1 aliphatic rings. The lowest BCUT2D eigenvalue weighted by atomic mass is 10.1. The van der Waals surface area contributed by atoms with Gasteiger partial charge in [-0.05, 0) is 24.1 Å². The van der Waals surface area contributed by atoms with E-state index in [-0.39, 0.29) is 6.10 Å². The molecule has 6 heteroatoms. The summed E-state index contributed by atoms with van der Waals surface area (Å²) in [7, 11) is 1.70. The van der Waals surface area contributed by atoms with Crippen LogP contribution in [-0.2, 0) is 29.0 Å². The fourth-order valence-corrected chi connectivity index (χ4v) is 2.53. The van der Waals surface area contributed by atoms with Crippen molar-refractivity contribution < 1.29 is 13.9 Å². The van der Waals surface area contributed by atoms with Gasteiger partial charge in [0.2, 0.25) is 0 Å². The molecule has 0 spiro atoms. The maximum atomic E-state index is 5.84. The normalized spacial score (nSPS) is 17.9. The van der Waals surface area contributed by atoms with Gasteiger partial charge < -0.3 is 19.2 Å². The molecule has 6 nitrogen and oxygen atoms in total. The fraction of sp³-hybridized carbons (Fsp3) is 0.533. The average Bonchev–Trinajstić information content (AvgIpc) is 3.14. The van der Waals surface area contributed by atoms with Crippen molar-refractivity contribution in [2.75, 3.05) is 26.9 Å². The van der Waals surface area contributed by atoms with Crippen LogP contribution >= 0.6 is 0 Å². The van der Waals surface area contributed by atoms with Crippen LogP contribution in [0.2, 0.25) is 0 Å². The van der Waals surface area contributed by atoms with E-state index in [4.69, 9.17) is 13.9 Å². The summed E-state index contributed by atoms with van der Waals surface area (Å²) < 4.78 is 18.2. The first kappa shape index (κ1) is 14.3. The first-order chi connectivity index (χ1) is 10.4. The topological polar surface area (TPSA) is 61.5 Å². The molecule has 0 saturated heterocycles. The molecule has 1 N–H and O–H groups in total. The van der Waals surface area contributed by atoms with Crippen LogP contribution in [0, 0.1) is 0 Å². The van der Waals surface area contributed by atoms with E-state index >= 15 is 0 Å². The molecule has 2 aromatic heterocycles. The molecule has 0 amide bonds. The van der Waals surface area contributed by atoms with Crippen LogP contribution in [0.15, 0.2) is 29.0 Å². The van der Waals surface area contributed by atoms with E-state index in [0.29, 0.717) is 13.2 Å². The quantitative estimate of drug-likeness (QED) is 0.838. The molecule has 1 aliphatic heterocycles. The molecular formula is C15H21N3O3. The largest absolute Gasteiger partial charge is 0.468 e. The Morgan fingerprint density at radius 3 is 3.29 bits per heavy atom. The number of rotatable bonds is 7. The lowest BCUT2D eigenvalue weighted by molar-refractivity contribution is 0.0389. The first-order valence-corrected chi connectivity index (χ1v) is 7.26. The molecule has 2 aromatic rings. The Morgan fingerprint density at radius 2 is 2.48 bits per heavy atom. The third kappa shape index (κ3) is 3.53. The number of nitrogens with one attached hydrogen (secondary N) is 1. The molecule has 1 unspecified atom stereocenters. The number of hydrogen-bond donors (Lipinski definition) is 1. The number of aromatic nitrogens is 2. The highest BCUT2D eigenvalue weighted by Crippen LogP contribution is 2.25. The smallest absolute Gasteiger partial charge is 0.117 e. The monoisotopic (exact) mass is 291 g/mol. The van der Waals surface area contributed by atoms with Gasteiger partial charge in [0, 0.05) is 19.9 Å². The van der Waals surface area contributed by atoms with E-state index in [2.05, 4.69) is 16.6 Å². The van der Waals surface area contributed by atoms with Gasteiger partial charge in [-0.3, -0.25) is 4.68 Å². The van der Waals surface area contributed by atoms with Gasteiger partial charge in [-0.2, -0.15) is 5.10 Å². The van der Waals surface area contributed by atoms with Crippen molar-refractivity contribution in [3.63, 3.8) is 0 Å². The second-order valence-electron chi connectivity index (χ2n) is 5.12. The number of hydrogen-bond acceptors (Lipinski definition) is 5. The standard InChI is InChI=1S/C15H21N3O3/c1-19-8-5-18-11-12-4-7-21-14(15(12)17-18)10-16-9-13-3-2-6-20-13/h2-3,6,11,14,16H,4-5,7-10H2,1H3. The summed E-state index contributed by atoms with van der Waals surface area (Å²) in [5.74, 6) is 0.927. The minimum absolute atomic E-state index is 0.00695. The zero-order valence-corrected chi connectivity index (χ0v) is 12.2. The highest BCUT2D eigenvalue weighted by molar-refractivity contribution is 5.22. The molecule has 114 valence electrons. The van der Waals surface area contributed by atoms with Gasteiger partial charge in [0.05, 0.1) is 38.3 Å². The summed E-state index contributed by atoms with van der Waals surface area (Å²) in [6.07, 6.45) is 4.73. The fourth-order valence-electron chi connectivity index (χ4n) is 2.53. The van der Waals surface area contributed by atoms with Gasteiger partial charge >= 0.3 is 0 Å². The second kappa shape index (κ2) is 6.89. The van der Waals surface area contributed by atoms with Gasteiger partial charge in [-0.25, -0.2) is 0 Å². The van der Waals surface area contributed by atoms with Crippen LogP contribution in [0.5, 0.6) is 0 Å². The third-order valence-corrected chi connectivity index (χ3v) is 3.60. The van der Waals surface area contributed by atoms with Gasteiger partial charge in [-0.1, -0.05) is 0 Å². The summed E-state index contributed by atoms with van der Waals surface area (Å²) in [5.41, 5.74) is 2.33. The van der Waals surface area contributed by atoms with Crippen molar-refractivity contribution >= 4 is 0 Å². The van der Waals surface area contributed by atoms with Crippen molar-refractivity contribution in [1.82, 2.24) is 15.1 Å². The van der Waals surface area contributed by atoms with E-state index < -0.39 is 0 Å². The highest BCUT2D eigenvalue weighted by atomic mass is 16.5. The number of furan rings is 1. The summed E-state index contributed by atoms with van der Waals surface area (Å²) in [6, 6.07) is 3.85. The van der Waals surface area contributed by atoms with E-state index in [1.54, 1.807) is 13.4 Å². The number of nitrogens with zero attached hydrogens (tertiary/aromatic N) is 2. The van der Waals surface area contributed by atoms with Gasteiger partial charge in [-0.15, -0.1) is 0 Å². The maximum absolute atomic E-state index is 5.84. The summed E-state index contributed by atoms with van der Waals surface area (Å²) in [6.45, 7) is 3.62. The molecule has 0 fully saturated rings. The molecule has 3 heterocycles. The molecule has 0 aromatic carbocycles. The lowest BCUT2D eigenvalue weighted by Gasteiger charge is -2.22. The Balaban J connectivity index is 1.58. The van der Waals surface area contributed by atoms with Crippen LogP contribution < -0.4 is 5.32 Å². The van der Waals surface area contributed by atoms with E-state index in [1.165, 1.54) is 5.56 Å². The van der Waals surface area contributed by atoms with Crippen LogP contribution in [0.3, 0.4) is 0 Å². The maximum Gasteiger partial charge on any atom is 0.117 e. The second-order valence-corrected chi connectivity index (χ2v) is 5.12. The predicted octanol–water partition coefficient (Wildman–Crippen LogP) is 1.53. The molecular weight excluding hydrogens is 270 g/mol. The number of ether oxygens (including phenoxy) is 2. The minimum Gasteiger partial charge on any atom is -0.468 e. The van der Waals surface area contributed by atoms with Crippen molar-refractivity contribution in [3.8, 4) is 0 Å². The Labute approximate surface area is 124 Å². The molecule has 0 bridgehead atoms. The number of methoxy groups -OCH3 is 1. The predicted molar refractivity (Wildman–Crippen MR) is 76.9 cm³/mol. The molecule has 0 saturated carbocycles. The van der Waals surface area contributed by atoms with Crippen molar-refractivity contribution in [3.05, 3.63) is 41.6 Å². The Bertz CT molecular complexity index is 551. The Kier molecular flexibility index (Phi) is 4.69. The highest BCUT2D eigenvalue weighted by Gasteiger charge is 2.24. The third-order valence-electron chi connectivity index (χ3n) is 3.60. The first-order valence-electron chi connectivity index (χ1n) is 7.26. The Hall–Kier alpha value is -1.63. The van der Waals surface area contributed by atoms with Crippen molar-refractivity contribution in [2.45, 2.75) is 25.6 Å². The molecule has 3 rings (SSSR count). The Morgan fingerprint density at radius 1 is 1.52 bits per heavy atom. The van der Waals surface area contributed by atoms with Gasteiger partial charge in [0.1, 0.15) is 11.9 Å². The zero-order valence-electron chi connectivity index (χ0n) is 12.2. The van der Waals surface area contributed by atoms with E-state index in [9.17, 15) is 0 Å². The van der Waals surface area contributed by atoms with Crippen LogP contribution in [0.1, 0.15) is 23.1 Å². The molecule has 21 heavy (non-hydrogen) atoms. The number of fused-ring (bicyclic) bond motifs is 1. The SMILES string of the molecule is COCCn1cc2c(n1)C(CNCc1ccco1)OCC2.